The normalized spacial score (nSPS) is 17.2. The van der Waals surface area contributed by atoms with Crippen LogP contribution in [0.5, 0.6) is 5.75 Å². The van der Waals surface area contributed by atoms with Crippen LogP contribution in [0.4, 0.5) is 0 Å². The highest BCUT2D eigenvalue weighted by atomic mass is 35.5. The van der Waals surface area contributed by atoms with Crippen LogP contribution < -0.4 is 10.1 Å². The van der Waals surface area contributed by atoms with Crippen LogP contribution in [-0.2, 0) is 16.0 Å². The largest absolute Gasteiger partial charge is 0.488 e. The maximum absolute atomic E-state index is 12.1. The third-order valence-corrected chi connectivity index (χ3v) is 4.26. The van der Waals surface area contributed by atoms with Crippen molar-refractivity contribution in [2.75, 3.05) is 13.7 Å². The Morgan fingerprint density at radius 1 is 1.30 bits per heavy atom. The molecule has 1 heterocycles. The van der Waals surface area contributed by atoms with Gasteiger partial charge in [0.15, 0.2) is 0 Å². The van der Waals surface area contributed by atoms with E-state index >= 15 is 0 Å². The van der Waals surface area contributed by atoms with Gasteiger partial charge in [-0.05, 0) is 23.3 Å². The third-order valence-electron chi connectivity index (χ3n) is 3.92. The molecule has 0 aliphatic carbocycles. The average Bonchev–Trinajstić information content (AvgIpc) is 2.99. The van der Waals surface area contributed by atoms with Crippen LogP contribution in [0, 0.1) is 0 Å². The van der Waals surface area contributed by atoms with Gasteiger partial charge in [-0.3, -0.25) is 5.32 Å². The lowest BCUT2D eigenvalue weighted by atomic mass is 10.1. The van der Waals surface area contributed by atoms with E-state index in [4.69, 9.17) is 21.1 Å². The van der Waals surface area contributed by atoms with Gasteiger partial charge in [0.25, 0.3) is 0 Å². The summed E-state index contributed by atoms with van der Waals surface area (Å²) in [6, 6.07) is 14.6. The first-order valence-electron chi connectivity index (χ1n) is 7.49. The predicted octanol–water partition coefficient (Wildman–Crippen LogP) is 3.15. The average molecular weight is 332 g/mol. The van der Waals surface area contributed by atoms with E-state index in [-0.39, 0.29) is 12.1 Å². The fraction of sp³-hybridized carbons (Fsp3) is 0.278. The summed E-state index contributed by atoms with van der Waals surface area (Å²) in [7, 11) is 1.37. The zero-order chi connectivity index (χ0) is 16.2. The lowest BCUT2D eigenvalue weighted by molar-refractivity contribution is -0.143. The lowest BCUT2D eigenvalue weighted by Crippen LogP contribution is -2.37. The molecule has 4 nitrogen and oxygen atoms in total. The van der Waals surface area contributed by atoms with E-state index in [9.17, 15) is 4.79 Å². The van der Waals surface area contributed by atoms with Crippen molar-refractivity contribution < 1.29 is 14.3 Å². The Morgan fingerprint density at radius 2 is 2.04 bits per heavy atom. The fourth-order valence-electron chi connectivity index (χ4n) is 2.76. The minimum atomic E-state index is -0.610. The highest BCUT2D eigenvalue weighted by Crippen LogP contribution is 2.29. The van der Waals surface area contributed by atoms with Crippen molar-refractivity contribution in [1.29, 1.82) is 0 Å². The molecule has 3 rings (SSSR count). The van der Waals surface area contributed by atoms with E-state index in [0.29, 0.717) is 17.1 Å². The molecule has 0 bridgehead atoms. The number of halogens is 1. The van der Waals surface area contributed by atoms with Crippen molar-refractivity contribution in [3.05, 3.63) is 64.7 Å². The monoisotopic (exact) mass is 331 g/mol. The second-order valence-electron chi connectivity index (χ2n) is 5.44. The number of fused-ring (bicyclic) bond motifs is 1. The molecule has 0 saturated carbocycles. The first-order chi connectivity index (χ1) is 11.2. The number of ether oxygens (including phenoxy) is 2. The fourth-order valence-corrected chi connectivity index (χ4v) is 3.01. The molecular weight excluding hydrogens is 314 g/mol. The number of benzene rings is 2. The quantitative estimate of drug-likeness (QED) is 0.855. The first kappa shape index (κ1) is 15.8. The molecule has 2 aromatic rings. The lowest BCUT2D eigenvalue weighted by Gasteiger charge is -2.20. The van der Waals surface area contributed by atoms with Crippen LogP contribution in [0.3, 0.4) is 0 Å². The highest BCUT2D eigenvalue weighted by molar-refractivity contribution is 6.31. The molecule has 120 valence electrons. The van der Waals surface area contributed by atoms with Crippen LogP contribution in [0.2, 0.25) is 5.02 Å². The molecule has 0 aromatic heterocycles. The van der Waals surface area contributed by atoms with Crippen LogP contribution in [0.15, 0.2) is 48.5 Å². The van der Waals surface area contributed by atoms with Gasteiger partial charge in [-0.1, -0.05) is 48.0 Å². The molecule has 0 fully saturated rings. The van der Waals surface area contributed by atoms with E-state index in [1.165, 1.54) is 12.7 Å². The molecule has 0 amide bonds. The minimum absolute atomic E-state index is 0.0120. The number of hydrogen-bond acceptors (Lipinski definition) is 4. The van der Waals surface area contributed by atoms with Gasteiger partial charge in [-0.25, -0.2) is 4.79 Å². The van der Waals surface area contributed by atoms with Crippen LogP contribution >= 0.6 is 11.6 Å². The van der Waals surface area contributed by atoms with Crippen LogP contribution in [0.25, 0.3) is 0 Å². The number of esters is 1. The molecule has 5 heteroatoms. The van der Waals surface area contributed by atoms with Crippen molar-refractivity contribution in [1.82, 2.24) is 5.32 Å². The van der Waals surface area contributed by atoms with E-state index in [0.717, 1.165) is 12.2 Å². The molecule has 2 aromatic carbocycles. The van der Waals surface area contributed by atoms with Crippen LogP contribution in [-0.4, -0.2) is 25.7 Å². The summed E-state index contributed by atoms with van der Waals surface area (Å²) in [5, 5.41) is 3.75. The predicted molar refractivity (Wildman–Crippen MR) is 88.8 cm³/mol. The van der Waals surface area contributed by atoms with Crippen molar-refractivity contribution in [2.24, 2.45) is 0 Å². The van der Waals surface area contributed by atoms with E-state index in [2.05, 4.69) is 11.4 Å². The summed E-state index contributed by atoms with van der Waals surface area (Å²) < 4.78 is 10.8. The van der Waals surface area contributed by atoms with Crippen molar-refractivity contribution in [3.8, 4) is 5.75 Å². The Labute approximate surface area is 140 Å². The van der Waals surface area contributed by atoms with Crippen molar-refractivity contribution in [3.63, 3.8) is 0 Å². The van der Waals surface area contributed by atoms with Gasteiger partial charge in [0.05, 0.1) is 7.11 Å². The van der Waals surface area contributed by atoms with Gasteiger partial charge in [0.1, 0.15) is 17.9 Å². The molecule has 1 aliphatic rings. The van der Waals surface area contributed by atoms with Crippen molar-refractivity contribution in [2.45, 2.75) is 18.6 Å². The maximum Gasteiger partial charge on any atom is 0.327 e. The Balaban J connectivity index is 1.69. The second-order valence-corrected chi connectivity index (χ2v) is 5.84. The first-order valence-corrected chi connectivity index (χ1v) is 7.87. The number of rotatable bonds is 5. The minimum Gasteiger partial charge on any atom is -0.488 e. The molecule has 1 aliphatic heterocycles. The Morgan fingerprint density at radius 3 is 2.78 bits per heavy atom. The van der Waals surface area contributed by atoms with E-state index in [1.807, 2.05) is 36.4 Å². The summed E-state index contributed by atoms with van der Waals surface area (Å²) >= 11 is 6.21. The molecule has 2 unspecified atom stereocenters. The molecule has 2 atom stereocenters. The second kappa shape index (κ2) is 7.02. The molecule has 0 spiro atoms. The summed E-state index contributed by atoms with van der Waals surface area (Å²) in [6.07, 6.45) is 0.807. The summed E-state index contributed by atoms with van der Waals surface area (Å²) in [4.78, 5) is 12.1. The van der Waals surface area contributed by atoms with Gasteiger partial charge in [0.2, 0.25) is 0 Å². The zero-order valence-electron chi connectivity index (χ0n) is 12.8. The van der Waals surface area contributed by atoms with Gasteiger partial charge >= 0.3 is 5.97 Å². The van der Waals surface area contributed by atoms with Crippen LogP contribution in [0.1, 0.15) is 17.2 Å². The summed E-state index contributed by atoms with van der Waals surface area (Å²) in [6.45, 7) is 0.527. The summed E-state index contributed by atoms with van der Waals surface area (Å²) in [5.41, 5.74) is 1.89. The smallest absolute Gasteiger partial charge is 0.327 e. The molecule has 23 heavy (non-hydrogen) atoms. The highest BCUT2D eigenvalue weighted by Gasteiger charge is 2.27. The zero-order valence-corrected chi connectivity index (χ0v) is 13.5. The van der Waals surface area contributed by atoms with E-state index < -0.39 is 6.04 Å². The Bertz CT molecular complexity index is 679. The number of methoxy groups -OCH3 is 1. The number of nitrogens with one attached hydrogen (secondary N) is 1. The van der Waals surface area contributed by atoms with Crippen molar-refractivity contribution >= 4 is 17.6 Å². The standard InChI is InChI=1S/C18H18ClNO3/c1-22-18(21)17(14-7-3-4-8-15(14)19)20-11-13-10-12-6-2-5-9-16(12)23-13/h2-9,13,17,20H,10-11H2,1H3. The summed E-state index contributed by atoms with van der Waals surface area (Å²) in [5.74, 6) is 0.542. The molecule has 1 N–H and O–H groups in total. The molecule has 0 saturated heterocycles. The molecule has 0 radical (unpaired) electrons. The topological polar surface area (TPSA) is 47.6 Å². The van der Waals surface area contributed by atoms with Gasteiger partial charge in [-0.15, -0.1) is 0 Å². The number of carbonyl (C=O) groups is 1. The SMILES string of the molecule is COC(=O)C(NCC1Cc2ccccc2O1)c1ccccc1Cl. The van der Waals surface area contributed by atoms with Gasteiger partial charge in [0, 0.05) is 18.0 Å². The van der Waals surface area contributed by atoms with Gasteiger partial charge < -0.3 is 9.47 Å². The number of hydrogen-bond donors (Lipinski definition) is 1. The number of carbonyl (C=O) groups excluding carboxylic acids is 1. The Hall–Kier alpha value is -2.04. The van der Waals surface area contributed by atoms with E-state index in [1.54, 1.807) is 6.07 Å². The van der Waals surface area contributed by atoms with Gasteiger partial charge in [-0.2, -0.15) is 0 Å². The number of para-hydroxylation sites is 1. The third kappa shape index (κ3) is 3.49. The Kier molecular flexibility index (Phi) is 4.84. The maximum atomic E-state index is 12.1. The molecular formula is C18H18ClNO3.